The third-order valence-electron chi connectivity index (χ3n) is 2.06. The van der Waals surface area contributed by atoms with Gasteiger partial charge in [0, 0.05) is 12.1 Å². The largest absolute Gasteiger partial charge is 0.459 e. The second kappa shape index (κ2) is 10.7. The molecule has 7 nitrogen and oxygen atoms in total. The summed E-state index contributed by atoms with van der Waals surface area (Å²) >= 11 is 0. The third-order valence-corrected chi connectivity index (χ3v) is 2.06. The maximum absolute atomic E-state index is 11.7. The molecule has 0 atom stereocenters. The molecule has 0 aliphatic heterocycles. The van der Waals surface area contributed by atoms with E-state index < -0.39 is 5.60 Å². The van der Waals surface area contributed by atoms with Crippen LogP contribution in [0.2, 0.25) is 0 Å². The van der Waals surface area contributed by atoms with Crippen LogP contribution in [0, 0.1) is 0 Å². The molecule has 0 fully saturated rings. The van der Waals surface area contributed by atoms with Gasteiger partial charge in [0.1, 0.15) is 18.7 Å². The highest BCUT2D eigenvalue weighted by molar-refractivity contribution is 14.0. The van der Waals surface area contributed by atoms with Gasteiger partial charge in [-0.05, 0) is 48.5 Å². The van der Waals surface area contributed by atoms with Crippen LogP contribution < -0.4 is 16.0 Å². The maximum atomic E-state index is 11.7. The monoisotopic (exact) mass is 442 g/mol. The molecular formula is C15H31IN4O3. The van der Waals surface area contributed by atoms with Gasteiger partial charge < -0.3 is 20.7 Å². The standard InChI is InChI=1S/C15H30N4O3.HI/c1-8-16-13(17-9-11(20)19-14(2,3)4)18-10-12(21)22-15(5,6)7;/h8-10H2,1-7H3,(H,19,20)(H2,16,17,18);1H. The first-order chi connectivity index (χ1) is 9.93. The van der Waals surface area contributed by atoms with Gasteiger partial charge in [0.25, 0.3) is 0 Å². The fourth-order valence-electron chi connectivity index (χ4n) is 1.48. The van der Waals surface area contributed by atoms with Crippen molar-refractivity contribution in [3.05, 3.63) is 0 Å². The summed E-state index contributed by atoms with van der Waals surface area (Å²) in [6.45, 7) is 13.6. The molecule has 0 radical (unpaired) electrons. The van der Waals surface area contributed by atoms with Gasteiger partial charge in [0.2, 0.25) is 5.91 Å². The number of nitrogens with one attached hydrogen (secondary N) is 3. The van der Waals surface area contributed by atoms with Crippen molar-refractivity contribution >= 4 is 41.8 Å². The highest BCUT2D eigenvalue weighted by atomic mass is 127. The quantitative estimate of drug-likeness (QED) is 0.259. The Morgan fingerprint density at radius 2 is 1.61 bits per heavy atom. The summed E-state index contributed by atoms with van der Waals surface area (Å²) in [6, 6.07) is 0. The Morgan fingerprint density at radius 3 is 2.04 bits per heavy atom. The summed E-state index contributed by atoms with van der Waals surface area (Å²) < 4.78 is 5.19. The van der Waals surface area contributed by atoms with Crippen molar-refractivity contribution in [2.75, 3.05) is 19.6 Å². The number of halogens is 1. The summed E-state index contributed by atoms with van der Waals surface area (Å²) in [7, 11) is 0. The van der Waals surface area contributed by atoms with E-state index in [1.807, 2.05) is 27.7 Å². The van der Waals surface area contributed by atoms with Crippen LogP contribution in [-0.4, -0.2) is 48.6 Å². The van der Waals surface area contributed by atoms with Crippen LogP contribution in [0.15, 0.2) is 4.99 Å². The molecule has 0 saturated heterocycles. The third kappa shape index (κ3) is 15.6. The first-order valence-electron chi connectivity index (χ1n) is 7.48. The fourth-order valence-corrected chi connectivity index (χ4v) is 1.48. The number of hydrogen-bond acceptors (Lipinski definition) is 4. The summed E-state index contributed by atoms with van der Waals surface area (Å²) in [6.07, 6.45) is 0. The van der Waals surface area contributed by atoms with Crippen LogP contribution in [0.3, 0.4) is 0 Å². The molecule has 3 N–H and O–H groups in total. The van der Waals surface area contributed by atoms with Crippen molar-refractivity contribution < 1.29 is 14.3 Å². The van der Waals surface area contributed by atoms with E-state index in [-0.39, 0.29) is 54.5 Å². The molecule has 0 saturated carbocycles. The number of nitrogens with zero attached hydrogens (tertiary/aromatic N) is 1. The van der Waals surface area contributed by atoms with Crippen molar-refractivity contribution in [1.82, 2.24) is 16.0 Å². The number of aliphatic imine (C=N–C) groups is 1. The Morgan fingerprint density at radius 1 is 1.04 bits per heavy atom. The minimum atomic E-state index is -0.527. The summed E-state index contributed by atoms with van der Waals surface area (Å²) in [5, 5.41) is 8.64. The van der Waals surface area contributed by atoms with Crippen LogP contribution in [0.5, 0.6) is 0 Å². The van der Waals surface area contributed by atoms with E-state index in [1.165, 1.54) is 0 Å². The van der Waals surface area contributed by atoms with Gasteiger partial charge in [-0.2, -0.15) is 0 Å². The van der Waals surface area contributed by atoms with E-state index in [9.17, 15) is 9.59 Å². The average molecular weight is 442 g/mol. The lowest BCUT2D eigenvalue weighted by Gasteiger charge is -2.21. The van der Waals surface area contributed by atoms with Crippen molar-refractivity contribution in [3.63, 3.8) is 0 Å². The molecule has 1 amide bonds. The fraction of sp³-hybridized carbons (Fsp3) is 0.800. The molecule has 0 rings (SSSR count). The second-order valence-electron chi connectivity index (χ2n) is 6.93. The number of ether oxygens (including phenoxy) is 1. The molecule has 0 aromatic rings. The van der Waals surface area contributed by atoms with Crippen LogP contribution in [0.4, 0.5) is 0 Å². The van der Waals surface area contributed by atoms with Crippen molar-refractivity contribution in [2.45, 2.75) is 59.6 Å². The van der Waals surface area contributed by atoms with Crippen molar-refractivity contribution in [1.29, 1.82) is 0 Å². The van der Waals surface area contributed by atoms with Crippen molar-refractivity contribution in [3.8, 4) is 0 Å². The van der Waals surface area contributed by atoms with E-state index in [1.54, 1.807) is 20.8 Å². The maximum Gasteiger partial charge on any atom is 0.325 e. The lowest BCUT2D eigenvalue weighted by Crippen LogP contribution is -2.44. The summed E-state index contributed by atoms with van der Waals surface area (Å²) in [5.41, 5.74) is -0.824. The molecule has 0 aromatic heterocycles. The Hall–Kier alpha value is -1.06. The topological polar surface area (TPSA) is 91.8 Å². The van der Waals surface area contributed by atoms with Gasteiger partial charge in [-0.3, -0.25) is 9.59 Å². The van der Waals surface area contributed by atoms with Gasteiger partial charge in [0.05, 0.1) is 0 Å². The summed E-state index contributed by atoms with van der Waals surface area (Å²) in [5.74, 6) is -0.156. The Labute approximate surface area is 156 Å². The van der Waals surface area contributed by atoms with Gasteiger partial charge in [-0.25, -0.2) is 4.99 Å². The molecule has 0 unspecified atom stereocenters. The molecule has 0 aliphatic rings. The second-order valence-corrected chi connectivity index (χ2v) is 6.93. The molecule has 0 heterocycles. The number of esters is 1. The lowest BCUT2D eigenvalue weighted by atomic mass is 10.1. The molecule has 0 aliphatic carbocycles. The van der Waals surface area contributed by atoms with Gasteiger partial charge in [-0.15, -0.1) is 24.0 Å². The first kappa shape index (κ1) is 24.2. The smallest absolute Gasteiger partial charge is 0.325 e. The zero-order valence-corrected chi connectivity index (χ0v) is 17.5. The Bertz CT molecular complexity index is 412. The van der Waals surface area contributed by atoms with E-state index in [2.05, 4.69) is 20.9 Å². The molecule has 136 valence electrons. The average Bonchev–Trinajstić information content (AvgIpc) is 2.28. The Kier molecular flexibility index (Phi) is 11.2. The molecule has 23 heavy (non-hydrogen) atoms. The number of hydrogen-bond donors (Lipinski definition) is 3. The van der Waals surface area contributed by atoms with Gasteiger partial charge >= 0.3 is 5.97 Å². The van der Waals surface area contributed by atoms with Crippen molar-refractivity contribution in [2.24, 2.45) is 4.99 Å². The predicted molar refractivity (Wildman–Crippen MR) is 103 cm³/mol. The zero-order valence-electron chi connectivity index (χ0n) is 15.2. The van der Waals surface area contributed by atoms with Crippen LogP contribution in [0.1, 0.15) is 48.5 Å². The van der Waals surface area contributed by atoms with E-state index >= 15 is 0 Å². The number of rotatable bonds is 5. The zero-order chi connectivity index (χ0) is 17.4. The molecule has 8 heteroatoms. The first-order valence-corrected chi connectivity index (χ1v) is 7.48. The minimum absolute atomic E-state index is 0. The predicted octanol–water partition coefficient (Wildman–Crippen LogP) is 1.42. The van der Waals surface area contributed by atoms with Crippen LogP contribution in [-0.2, 0) is 14.3 Å². The SMILES string of the molecule is CCNC(=NCC(=O)NC(C)(C)C)NCC(=O)OC(C)(C)C.I. The van der Waals surface area contributed by atoms with Crippen LogP contribution >= 0.6 is 24.0 Å². The number of carbonyl (C=O) groups excluding carboxylic acids is 2. The molecule has 0 bridgehead atoms. The van der Waals surface area contributed by atoms with Gasteiger partial charge in [-0.1, -0.05) is 0 Å². The molecular weight excluding hydrogens is 411 g/mol. The van der Waals surface area contributed by atoms with Crippen LogP contribution in [0.25, 0.3) is 0 Å². The van der Waals surface area contributed by atoms with E-state index in [4.69, 9.17) is 4.74 Å². The number of carbonyl (C=O) groups is 2. The van der Waals surface area contributed by atoms with E-state index in [0.717, 1.165) is 0 Å². The highest BCUT2D eigenvalue weighted by Crippen LogP contribution is 2.06. The highest BCUT2D eigenvalue weighted by Gasteiger charge is 2.16. The molecule has 0 spiro atoms. The Balaban J connectivity index is 0. The minimum Gasteiger partial charge on any atom is -0.459 e. The number of amides is 1. The van der Waals surface area contributed by atoms with E-state index in [0.29, 0.717) is 12.5 Å². The normalized spacial score (nSPS) is 12.0. The molecule has 0 aromatic carbocycles. The lowest BCUT2D eigenvalue weighted by molar-refractivity contribution is -0.153. The number of guanidine groups is 1. The summed E-state index contributed by atoms with van der Waals surface area (Å²) in [4.78, 5) is 27.5. The van der Waals surface area contributed by atoms with Gasteiger partial charge in [0.15, 0.2) is 5.96 Å².